The fraction of sp³-hybridized carbons (Fsp3) is 0.231. The molecular formula is C13H14N2O3S2. The number of benzene rings is 1. The number of hydrogen-bond donors (Lipinski definition) is 0. The number of aromatic nitrogens is 1. The van der Waals surface area contributed by atoms with Gasteiger partial charge in [-0.1, -0.05) is 12.1 Å². The Balaban J connectivity index is 2.44. The van der Waals surface area contributed by atoms with Crippen LogP contribution in [0.3, 0.4) is 0 Å². The van der Waals surface area contributed by atoms with Crippen LogP contribution >= 0.6 is 11.3 Å². The van der Waals surface area contributed by atoms with E-state index in [9.17, 15) is 13.2 Å². The van der Waals surface area contributed by atoms with Crippen molar-refractivity contribution in [3.8, 4) is 0 Å². The highest BCUT2D eigenvalue weighted by atomic mass is 32.2. The Bertz CT molecular complexity index is 750. The minimum Gasteiger partial charge on any atom is -0.295 e. The number of nitrogens with zero attached hydrogens (tertiary/aromatic N) is 2. The van der Waals surface area contributed by atoms with E-state index in [1.165, 1.54) is 37.4 Å². The first-order chi connectivity index (χ1) is 9.32. The van der Waals surface area contributed by atoms with E-state index in [0.717, 1.165) is 10.00 Å². The second-order valence-electron chi connectivity index (χ2n) is 4.33. The van der Waals surface area contributed by atoms with Gasteiger partial charge in [0.2, 0.25) is 0 Å². The standard InChI is InChI=1S/C13H14N2O3S2/c1-9-8-19-13(14-9)15(3)20(17,18)12-6-4-5-11(7-12)10(2)16/h4-8H,1-3H3. The maximum atomic E-state index is 12.5. The molecule has 0 fully saturated rings. The Kier molecular flexibility index (Phi) is 3.92. The SMILES string of the molecule is CC(=O)c1cccc(S(=O)(=O)N(C)c2nc(C)cs2)c1. The molecule has 0 unspecified atom stereocenters. The summed E-state index contributed by atoms with van der Waals surface area (Å²) in [4.78, 5) is 15.6. The first-order valence-electron chi connectivity index (χ1n) is 5.84. The molecule has 2 rings (SSSR count). The van der Waals surface area contributed by atoms with Crippen molar-refractivity contribution in [3.63, 3.8) is 0 Å². The normalized spacial score (nSPS) is 11.3. The number of sulfonamides is 1. The molecule has 7 heteroatoms. The number of rotatable bonds is 4. The van der Waals surface area contributed by atoms with Crippen molar-refractivity contribution >= 4 is 32.3 Å². The van der Waals surface area contributed by atoms with Crippen LogP contribution in [0, 0.1) is 6.92 Å². The Hall–Kier alpha value is -1.73. The van der Waals surface area contributed by atoms with Gasteiger partial charge in [0.15, 0.2) is 10.9 Å². The van der Waals surface area contributed by atoms with Crippen molar-refractivity contribution in [2.75, 3.05) is 11.4 Å². The van der Waals surface area contributed by atoms with E-state index in [4.69, 9.17) is 0 Å². The molecule has 0 bridgehead atoms. The largest absolute Gasteiger partial charge is 0.295 e. The molecule has 0 spiro atoms. The van der Waals surface area contributed by atoms with Gasteiger partial charge < -0.3 is 0 Å². The monoisotopic (exact) mass is 310 g/mol. The third-order valence-corrected chi connectivity index (χ3v) is 5.67. The third-order valence-electron chi connectivity index (χ3n) is 2.78. The second-order valence-corrected chi connectivity index (χ2v) is 7.13. The summed E-state index contributed by atoms with van der Waals surface area (Å²) in [5.74, 6) is -0.171. The lowest BCUT2D eigenvalue weighted by molar-refractivity contribution is 0.101. The van der Waals surface area contributed by atoms with Gasteiger partial charge in [0.05, 0.1) is 10.6 Å². The van der Waals surface area contributed by atoms with Crippen molar-refractivity contribution in [2.24, 2.45) is 0 Å². The Morgan fingerprint density at radius 3 is 2.60 bits per heavy atom. The molecule has 20 heavy (non-hydrogen) atoms. The van der Waals surface area contributed by atoms with Gasteiger partial charge in [-0.25, -0.2) is 17.7 Å². The molecular weight excluding hydrogens is 296 g/mol. The predicted octanol–water partition coefficient (Wildman–Crippen LogP) is 2.48. The molecule has 0 radical (unpaired) electrons. The molecule has 106 valence electrons. The summed E-state index contributed by atoms with van der Waals surface area (Å²) in [7, 11) is -2.25. The number of carbonyl (C=O) groups excluding carboxylic acids is 1. The molecule has 0 amide bonds. The van der Waals surface area contributed by atoms with Gasteiger partial charge in [-0.05, 0) is 26.0 Å². The van der Waals surface area contributed by atoms with E-state index in [2.05, 4.69) is 4.98 Å². The van der Waals surface area contributed by atoms with Gasteiger partial charge in [-0.15, -0.1) is 11.3 Å². The van der Waals surface area contributed by atoms with Crippen molar-refractivity contribution in [2.45, 2.75) is 18.7 Å². The maximum Gasteiger partial charge on any atom is 0.265 e. The topological polar surface area (TPSA) is 67.3 Å². The van der Waals surface area contributed by atoms with Crippen molar-refractivity contribution < 1.29 is 13.2 Å². The second kappa shape index (κ2) is 5.34. The van der Waals surface area contributed by atoms with Gasteiger partial charge in [-0.3, -0.25) is 4.79 Å². The van der Waals surface area contributed by atoms with Gasteiger partial charge >= 0.3 is 0 Å². The molecule has 2 aromatic rings. The number of aryl methyl sites for hydroxylation is 1. The van der Waals surface area contributed by atoms with Crippen molar-refractivity contribution in [1.29, 1.82) is 0 Å². The molecule has 0 aliphatic carbocycles. The average Bonchev–Trinajstić information content (AvgIpc) is 2.84. The Morgan fingerprint density at radius 1 is 1.35 bits per heavy atom. The van der Waals surface area contributed by atoms with Crippen LogP contribution in [0.2, 0.25) is 0 Å². The van der Waals surface area contributed by atoms with E-state index in [0.29, 0.717) is 10.7 Å². The summed E-state index contributed by atoms with van der Waals surface area (Å²) < 4.78 is 26.1. The first-order valence-corrected chi connectivity index (χ1v) is 8.16. The van der Waals surface area contributed by atoms with Crippen molar-refractivity contribution in [3.05, 3.63) is 40.9 Å². The number of hydrogen-bond acceptors (Lipinski definition) is 5. The minimum absolute atomic E-state index is 0.0838. The summed E-state index contributed by atoms with van der Waals surface area (Å²) in [6, 6.07) is 6.01. The lowest BCUT2D eigenvalue weighted by Gasteiger charge is -2.16. The molecule has 1 aromatic carbocycles. The Morgan fingerprint density at radius 2 is 2.05 bits per heavy atom. The van der Waals surface area contributed by atoms with E-state index < -0.39 is 10.0 Å². The Labute approximate surface area is 121 Å². The van der Waals surface area contributed by atoms with E-state index >= 15 is 0 Å². The highest BCUT2D eigenvalue weighted by Crippen LogP contribution is 2.25. The minimum atomic E-state index is -3.71. The smallest absolute Gasteiger partial charge is 0.265 e. The molecule has 1 heterocycles. The zero-order valence-corrected chi connectivity index (χ0v) is 13.0. The molecule has 0 aliphatic rings. The first kappa shape index (κ1) is 14.7. The summed E-state index contributed by atoms with van der Waals surface area (Å²) in [5, 5.41) is 2.18. The van der Waals surface area contributed by atoms with Crippen LogP contribution in [-0.2, 0) is 10.0 Å². The molecule has 5 nitrogen and oxygen atoms in total. The van der Waals surface area contributed by atoms with Crippen LogP contribution in [0.4, 0.5) is 5.13 Å². The number of carbonyl (C=O) groups is 1. The molecule has 0 saturated carbocycles. The quantitative estimate of drug-likeness (QED) is 0.814. The molecule has 0 atom stereocenters. The third kappa shape index (κ3) is 2.73. The molecule has 1 aromatic heterocycles. The lowest BCUT2D eigenvalue weighted by Crippen LogP contribution is -2.26. The highest BCUT2D eigenvalue weighted by Gasteiger charge is 2.23. The van der Waals surface area contributed by atoms with Crippen molar-refractivity contribution in [1.82, 2.24) is 4.98 Å². The van der Waals surface area contributed by atoms with E-state index in [1.54, 1.807) is 24.4 Å². The summed E-state index contributed by atoms with van der Waals surface area (Å²) >= 11 is 1.26. The molecule has 0 N–H and O–H groups in total. The van der Waals surface area contributed by atoms with Gasteiger partial charge in [0, 0.05) is 18.0 Å². The molecule has 0 saturated heterocycles. The van der Waals surface area contributed by atoms with Crippen LogP contribution < -0.4 is 4.31 Å². The summed E-state index contributed by atoms with van der Waals surface area (Å²) in [6.07, 6.45) is 0. The van der Waals surface area contributed by atoms with Crippen LogP contribution in [-0.4, -0.2) is 26.2 Å². The van der Waals surface area contributed by atoms with Crippen LogP contribution in [0.5, 0.6) is 0 Å². The van der Waals surface area contributed by atoms with Gasteiger partial charge in [0.25, 0.3) is 10.0 Å². The summed E-state index contributed by atoms with van der Waals surface area (Å²) in [6.45, 7) is 3.20. The predicted molar refractivity (Wildman–Crippen MR) is 78.9 cm³/mol. The summed E-state index contributed by atoms with van der Waals surface area (Å²) in [5.41, 5.74) is 1.14. The fourth-order valence-electron chi connectivity index (χ4n) is 1.62. The number of ketones is 1. The fourth-order valence-corrected chi connectivity index (χ4v) is 3.81. The maximum absolute atomic E-state index is 12.5. The number of thiazole rings is 1. The average molecular weight is 310 g/mol. The van der Waals surface area contributed by atoms with Crippen LogP contribution in [0.25, 0.3) is 0 Å². The lowest BCUT2D eigenvalue weighted by atomic mass is 10.2. The number of Topliss-reactive ketones (excluding diaryl/α,β-unsaturated/α-hetero) is 1. The molecule has 0 aliphatic heterocycles. The van der Waals surface area contributed by atoms with E-state index in [1.807, 2.05) is 0 Å². The van der Waals surface area contributed by atoms with E-state index in [-0.39, 0.29) is 10.7 Å². The zero-order valence-electron chi connectivity index (χ0n) is 11.3. The van der Waals surface area contributed by atoms with Crippen LogP contribution in [0.1, 0.15) is 23.0 Å². The van der Waals surface area contributed by atoms with Gasteiger partial charge in [0.1, 0.15) is 0 Å². The zero-order chi connectivity index (χ0) is 14.9. The number of anilines is 1. The highest BCUT2D eigenvalue weighted by molar-refractivity contribution is 7.93. The van der Waals surface area contributed by atoms with Crippen LogP contribution in [0.15, 0.2) is 34.5 Å². The van der Waals surface area contributed by atoms with Gasteiger partial charge in [-0.2, -0.15) is 0 Å².